The number of nitrogens with zero attached hydrogens (tertiary/aromatic N) is 3. The van der Waals surface area contributed by atoms with Crippen LogP contribution in [0.4, 0.5) is 8.78 Å². The lowest BCUT2D eigenvalue weighted by Crippen LogP contribution is -2.26. The van der Waals surface area contributed by atoms with Crippen LogP contribution in [0.5, 0.6) is 0 Å². The van der Waals surface area contributed by atoms with Gasteiger partial charge in [0.2, 0.25) is 0 Å². The molecule has 0 saturated heterocycles. The summed E-state index contributed by atoms with van der Waals surface area (Å²) in [5.74, 6) is 0.428. The predicted octanol–water partition coefficient (Wildman–Crippen LogP) is 10.8. The normalized spacial score (nSPS) is 11.6. The third-order valence-corrected chi connectivity index (χ3v) is 12.9. The average Bonchev–Trinajstić information content (AvgIpc) is 3.23. The molecule has 0 aliphatic carbocycles. The van der Waals surface area contributed by atoms with Crippen LogP contribution in [-0.4, -0.2) is 15.0 Å². The Morgan fingerprint density at radius 3 is 1.24 bits per heavy atom. The van der Waals surface area contributed by atoms with Gasteiger partial charge in [-0.05, 0) is 87.3 Å². The lowest BCUT2D eigenvalue weighted by molar-refractivity contribution is 0.593. The zero-order valence-electron chi connectivity index (χ0n) is 28.8. The fourth-order valence-corrected chi connectivity index (χ4v) is 10.1. The van der Waals surface area contributed by atoms with Crippen LogP contribution in [0, 0.1) is 11.6 Å². The molecule has 0 atom stereocenters. The molecular weight excluding hydrogens is 692 g/mol. The van der Waals surface area contributed by atoms with Crippen molar-refractivity contribution in [3.63, 3.8) is 0 Å². The van der Waals surface area contributed by atoms with Gasteiger partial charge < -0.3 is 4.57 Å². The van der Waals surface area contributed by atoms with Gasteiger partial charge in [-0.1, -0.05) is 127 Å². The quantitative estimate of drug-likeness (QED) is 0.154. The summed E-state index contributed by atoms with van der Waals surface area (Å²) < 4.78 is 43.7. The van der Waals surface area contributed by atoms with E-state index in [4.69, 9.17) is 9.97 Å². The molecule has 0 amide bonds. The summed E-state index contributed by atoms with van der Waals surface area (Å²) in [6.45, 7) is 0. The summed E-state index contributed by atoms with van der Waals surface area (Å²) in [6.07, 6.45) is 0. The van der Waals surface area contributed by atoms with Gasteiger partial charge in [0.1, 0.15) is 11.6 Å². The molecule has 9 rings (SSSR count). The minimum atomic E-state index is -3.42. The SMILES string of the molecule is O=P(c1cccc(-c2ccc(-c3nc(-c4ccc(F)cc4)nc(-c4ccc(F)cc4)n3)cc2)c1)(c1cccc2ccccc12)c1cccc2ccccc12. The second-order valence-electron chi connectivity index (χ2n) is 13.1. The Morgan fingerprint density at radius 2 is 0.759 bits per heavy atom. The van der Waals surface area contributed by atoms with Crippen molar-refractivity contribution >= 4 is 44.6 Å². The van der Waals surface area contributed by atoms with Crippen molar-refractivity contribution in [1.82, 2.24) is 15.0 Å². The minimum absolute atomic E-state index is 0.364. The topological polar surface area (TPSA) is 55.7 Å². The van der Waals surface area contributed by atoms with E-state index in [2.05, 4.69) is 41.4 Å². The first kappa shape index (κ1) is 33.2. The highest BCUT2D eigenvalue weighted by Gasteiger charge is 2.33. The van der Waals surface area contributed by atoms with Gasteiger partial charge in [0.15, 0.2) is 24.6 Å². The van der Waals surface area contributed by atoms with E-state index in [-0.39, 0.29) is 11.6 Å². The first-order valence-corrected chi connectivity index (χ1v) is 19.2. The summed E-state index contributed by atoms with van der Waals surface area (Å²) in [5.41, 5.74) is 3.82. The highest BCUT2D eigenvalue weighted by Crippen LogP contribution is 2.47. The Hall–Kier alpha value is -6.62. The van der Waals surface area contributed by atoms with Crippen LogP contribution in [0.3, 0.4) is 0 Å². The molecule has 0 aliphatic heterocycles. The summed E-state index contributed by atoms with van der Waals surface area (Å²) in [7, 11) is -3.42. The van der Waals surface area contributed by atoms with Crippen molar-refractivity contribution in [1.29, 1.82) is 0 Å². The summed E-state index contributed by atoms with van der Waals surface area (Å²) in [4.78, 5) is 14.2. The Balaban J connectivity index is 1.15. The number of halogens is 2. The first-order valence-electron chi connectivity index (χ1n) is 17.5. The fourth-order valence-electron chi connectivity index (χ4n) is 7.03. The monoisotopic (exact) mass is 721 g/mol. The number of hydrogen-bond donors (Lipinski definition) is 0. The molecule has 1 heterocycles. The van der Waals surface area contributed by atoms with Crippen LogP contribution >= 0.6 is 7.14 Å². The lowest BCUT2D eigenvalue weighted by Gasteiger charge is -2.24. The largest absolute Gasteiger partial charge is 0.309 e. The van der Waals surface area contributed by atoms with Crippen LogP contribution < -0.4 is 15.9 Å². The van der Waals surface area contributed by atoms with E-state index in [0.29, 0.717) is 28.6 Å². The molecule has 0 N–H and O–H groups in total. The van der Waals surface area contributed by atoms with Gasteiger partial charge >= 0.3 is 0 Å². The van der Waals surface area contributed by atoms with Gasteiger partial charge in [-0.2, -0.15) is 0 Å². The lowest BCUT2D eigenvalue weighted by atomic mass is 10.0. The molecule has 1 aromatic heterocycles. The van der Waals surface area contributed by atoms with Gasteiger partial charge in [0.05, 0.1) is 0 Å². The highest BCUT2D eigenvalue weighted by atomic mass is 31.2. The van der Waals surface area contributed by atoms with Gasteiger partial charge in [-0.3, -0.25) is 0 Å². The minimum Gasteiger partial charge on any atom is -0.309 e. The maximum atomic E-state index is 16.1. The molecule has 54 heavy (non-hydrogen) atoms. The first-order chi connectivity index (χ1) is 26.4. The molecule has 7 heteroatoms. The standard InChI is InChI=1S/C47H30F2N3OP/c48-38-26-22-35(23-27-38)46-50-45(51-47(52-46)36-24-28-39(49)29-25-36)34-20-18-31(19-21-34)37-12-5-13-40(30-37)54(53,43-16-6-10-32-8-1-3-14-41(32)43)44-17-7-11-33-9-2-4-15-42(33)44/h1-30H. The Morgan fingerprint density at radius 1 is 0.370 bits per heavy atom. The Bertz CT molecular complexity index is 2720. The van der Waals surface area contributed by atoms with Crippen LogP contribution in [0.1, 0.15) is 0 Å². The van der Waals surface area contributed by atoms with Gasteiger partial charge in [-0.15, -0.1) is 0 Å². The smallest absolute Gasteiger partial charge is 0.172 e. The fraction of sp³-hybridized carbons (Fsp3) is 0. The summed E-state index contributed by atoms with van der Waals surface area (Å²) in [5, 5.41) is 6.33. The number of rotatable bonds is 7. The number of fused-ring (bicyclic) bond motifs is 2. The van der Waals surface area contributed by atoms with Crippen molar-refractivity contribution in [3.05, 3.63) is 194 Å². The maximum absolute atomic E-state index is 16.1. The summed E-state index contributed by atoms with van der Waals surface area (Å²) in [6, 6.07) is 56.1. The van der Waals surface area contributed by atoms with Crippen molar-refractivity contribution in [2.45, 2.75) is 0 Å². The van der Waals surface area contributed by atoms with Crippen molar-refractivity contribution in [2.75, 3.05) is 0 Å². The van der Waals surface area contributed by atoms with E-state index in [1.165, 1.54) is 24.3 Å². The van der Waals surface area contributed by atoms with Crippen LogP contribution in [0.2, 0.25) is 0 Å². The highest BCUT2D eigenvalue weighted by molar-refractivity contribution is 7.86. The molecule has 8 aromatic carbocycles. The molecular formula is C47H30F2N3OP. The third kappa shape index (κ3) is 6.07. The molecule has 0 spiro atoms. The molecule has 0 aliphatic rings. The molecule has 9 aromatic rings. The average molecular weight is 722 g/mol. The van der Waals surface area contributed by atoms with Crippen molar-refractivity contribution in [3.8, 4) is 45.3 Å². The van der Waals surface area contributed by atoms with Crippen LogP contribution in [-0.2, 0) is 4.57 Å². The zero-order valence-corrected chi connectivity index (χ0v) is 29.7. The van der Waals surface area contributed by atoms with E-state index < -0.39 is 7.14 Å². The Labute approximate surface area is 310 Å². The number of benzene rings is 8. The molecule has 0 unspecified atom stereocenters. The van der Waals surface area contributed by atoms with Crippen molar-refractivity contribution < 1.29 is 13.3 Å². The molecule has 0 fully saturated rings. The van der Waals surface area contributed by atoms with E-state index in [1.54, 1.807) is 24.3 Å². The van der Waals surface area contributed by atoms with E-state index in [9.17, 15) is 8.78 Å². The molecule has 0 saturated carbocycles. The second-order valence-corrected chi connectivity index (χ2v) is 15.8. The Kier molecular flexibility index (Phi) is 8.45. The summed E-state index contributed by atoms with van der Waals surface area (Å²) >= 11 is 0. The van der Waals surface area contributed by atoms with Gasteiger partial charge in [-0.25, -0.2) is 23.7 Å². The molecule has 4 nitrogen and oxygen atoms in total. The molecule has 0 radical (unpaired) electrons. The zero-order chi connectivity index (χ0) is 36.6. The third-order valence-electron chi connectivity index (χ3n) is 9.74. The number of aromatic nitrogens is 3. The van der Waals surface area contributed by atoms with E-state index in [1.807, 2.05) is 97.1 Å². The van der Waals surface area contributed by atoms with Crippen LogP contribution in [0.25, 0.3) is 66.8 Å². The maximum Gasteiger partial charge on any atom is 0.172 e. The molecule has 258 valence electrons. The second kappa shape index (κ2) is 13.7. The van der Waals surface area contributed by atoms with Crippen molar-refractivity contribution in [2.24, 2.45) is 0 Å². The number of hydrogen-bond acceptors (Lipinski definition) is 4. The van der Waals surface area contributed by atoms with Gasteiger partial charge in [0, 0.05) is 32.6 Å². The predicted molar refractivity (Wildman–Crippen MR) is 216 cm³/mol. The molecule has 0 bridgehead atoms. The van der Waals surface area contributed by atoms with Crippen LogP contribution in [0.15, 0.2) is 182 Å². The van der Waals surface area contributed by atoms with E-state index >= 15 is 4.57 Å². The van der Waals surface area contributed by atoms with E-state index in [0.717, 1.165) is 54.1 Å². The van der Waals surface area contributed by atoms with Gasteiger partial charge in [0.25, 0.3) is 0 Å².